The summed E-state index contributed by atoms with van der Waals surface area (Å²) in [5, 5.41) is 9.17. The Kier molecular flexibility index (Phi) is 4.93. The van der Waals surface area contributed by atoms with Crippen LogP contribution in [0.25, 0.3) is 0 Å². The lowest BCUT2D eigenvalue weighted by atomic mass is 10.0. The molecule has 2 amide bonds. The van der Waals surface area contributed by atoms with Gasteiger partial charge in [-0.15, -0.1) is 0 Å². The van der Waals surface area contributed by atoms with E-state index >= 15 is 0 Å². The predicted molar refractivity (Wildman–Crippen MR) is 89.1 cm³/mol. The maximum absolute atomic E-state index is 12.1. The molecule has 0 unspecified atom stereocenters. The van der Waals surface area contributed by atoms with Crippen molar-refractivity contribution in [2.24, 2.45) is 0 Å². The zero-order valence-corrected chi connectivity index (χ0v) is 13.4. The molecule has 1 aromatic carbocycles. The van der Waals surface area contributed by atoms with Crippen molar-refractivity contribution in [1.82, 2.24) is 15.5 Å². The van der Waals surface area contributed by atoms with Crippen LogP contribution in [0.5, 0.6) is 0 Å². The number of likely N-dealkylation sites (N-methyl/N-ethyl adjacent to an activating group) is 1. The van der Waals surface area contributed by atoms with Gasteiger partial charge >= 0.3 is 0 Å². The molecule has 2 aliphatic heterocycles. The number of benzene rings is 1. The Hall–Kier alpha value is -1.92. The van der Waals surface area contributed by atoms with Crippen molar-refractivity contribution < 1.29 is 9.59 Å². The fourth-order valence-electron chi connectivity index (χ4n) is 3.49. The van der Waals surface area contributed by atoms with Gasteiger partial charge in [0.25, 0.3) is 0 Å². The zero-order valence-electron chi connectivity index (χ0n) is 13.4. The van der Waals surface area contributed by atoms with Gasteiger partial charge in [-0.25, -0.2) is 0 Å². The van der Waals surface area contributed by atoms with Gasteiger partial charge in [-0.2, -0.15) is 0 Å². The summed E-state index contributed by atoms with van der Waals surface area (Å²) < 4.78 is 0. The van der Waals surface area contributed by atoms with Gasteiger partial charge in [-0.3, -0.25) is 14.5 Å². The summed E-state index contributed by atoms with van der Waals surface area (Å²) >= 11 is 0. The van der Waals surface area contributed by atoms with Gasteiger partial charge < -0.3 is 16.0 Å². The van der Waals surface area contributed by atoms with Crippen LogP contribution in [0.15, 0.2) is 30.3 Å². The zero-order chi connectivity index (χ0) is 16.2. The van der Waals surface area contributed by atoms with Crippen LogP contribution in [0.3, 0.4) is 0 Å². The van der Waals surface area contributed by atoms with Crippen LogP contribution in [0.1, 0.15) is 19.3 Å². The predicted octanol–water partition coefficient (Wildman–Crippen LogP) is 0.566. The summed E-state index contributed by atoms with van der Waals surface area (Å²) in [5.41, 5.74) is 0.820. The lowest BCUT2D eigenvalue weighted by Crippen LogP contribution is -2.48. The fraction of sp³-hybridized carbons (Fsp3) is 0.529. The first-order chi connectivity index (χ1) is 11.1. The molecule has 0 saturated carbocycles. The monoisotopic (exact) mass is 316 g/mol. The highest BCUT2D eigenvalue weighted by Gasteiger charge is 2.40. The van der Waals surface area contributed by atoms with E-state index in [1.54, 1.807) is 0 Å². The summed E-state index contributed by atoms with van der Waals surface area (Å²) in [5.74, 6) is 0.0943. The van der Waals surface area contributed by atoms with Crippen LogP contribution in [0.2, 0.25) is 0 Å². The Morgan fingerprint density at radius 3 is 2.91 bits per heavy atom. The van der Waals surface area contributed by atoms with E-state index in [1.165, 1.54) is 0 Å². The Bertz CT molecular complexity index is 563. The number of rotatable bonds is 4. The smallest absolute Gasteiger partial charge is 0.238 e. The average molecular weight is 316 g/mol. The molecule has 23 heavy (non-hydrogen) atoms. The Labute approximate surface area is 136 Å². The quantitative estimate of drug-likeness (QED) is 0.759. The molecular weight excluding hydrogens is 292 g/mol. The number of para-hydroxylation sites is 1. The van der Waals surface area contributed by atoms with E-state index in [0.29, 0.717) is 13.0 Å². The number of amides is 2. The second-order valence-corrected chi connectivity index (χ2v) is 6.31. The van der Waals surface area contributed by atoms with Crippen LogP contribution >= 0.6 is 0 Å². The molecular formula is C17H24N4O2. The largest absolute Gasteiger partial charge is 0.353 e. The molecule has 0 spiro atoms. The van der Waals surface area contributed by atoms with Crippen molar-refractivity contribution in [2.45, 2.75) is 37.4 Å². The number of hydrogen-bond acceptors (Lipinski definition) is 4. The standard InChI is InChI=1S/C17H24N4O2/c1-21-13(11-19-17(23)16-14(21)9-10-18-16)7-8-15(22)20-12-5-3-2-4-6-12/h2-6,13-14,16,18H,7-11H2,1H3,(H,19,23)(H,20,22)/t13-,14-,16-/m0/s1. The minimum atomic E-state index is -0.122. The second-order valence-electron chi connectivity index (χ2n) is 6.31. The Morgan fingerprint density at radius 2 is 2.13 bits per heavy atom. The number of carbonyl (C=O) groups is 2. The number of fused-ring (bicyclic) bond motifs is 1. The average Bonchev–Trinajstić information content (AvgIpc) is 3.01. The summed E-state index contributed by atoms with van der Waals surface area (Å²) in [6.07, 6.45) is 2.16. The van der Waals surface area contributed by atoms with Crippen molar-refractivity contribution in [3.63, 3.8) is 0 Å². The third-order valence-electron chi connectivity index (χ3n) is 4.84. The summed E-state index contributed by atoms with van der Waals surface area (Å²) in [6.45, 7) is 1.47. The fourth-order valence-corrected chi connectivity index (χ4v) is 3.49. The maximum atomic E-state index is 12.1. The van der Waals surface area contributed by atoms with E-state index in [1.807, 2.05) is 30.3 Å². The summed E-state index contributed by atoms with van der Waals surface area (Å²) in [4.78, 5) is 26.5. The van der Waals surface area contributed by atoms with E-state index in [-0.39, 0.29) is 29.9 Å². The van der Waals surface area contributed by atoms with Crippen molar-refractivity contribution >= 4 is 17.5 Å². The number of nitrogens with one attached hydrogen (secondary N) is 3. The van der Waals surface area contributed by atoms with E-state index < -0.39 is 0 Å². The van der Waals surface area contributed by atoms with E-state index in [0.717, 1.165) is 25.1 Å². The first-order valence-electron chi connectivity index (χ1n) is 8.23. The first-order valence-corrected chi connectivity index (χ1v) is 8.23. The van der Waals surface area contributed by atoms with Gasteiger partial charge in [-0.1, -0.05) is 18.2 Å². The molecule has 2 fully saturated rings. The molecule has 1 aromatic rings. The van der Waals surface area contributed by atoms with Crippen molar-refractivity contribution in [3.05, 3.63) is 30.3 Å². The molecule has 0 aliphatic carbocycles. The number of hydrogen-bond donors (Lipinski definition) is 3. The second kappa shape index (κ2) is 7.10. The van der Waals surface area contributed by atoms with Crippen molar-refractivity contribution in [3.8, 4) is 0 Å². The van der Waals surface area contributed by atoms with Gasteiger partial charge in [0.15, 0.2) is 0 Å². The molecule has 6 heteroatoms. The number of anilines is 1. The van der Waals surface area contributed by atoms with Gasteiger partial charge in [0, 0.05) is 30.7 Å². The first kappa shape index (κ1) is 16.0. The summed E-state index contributed by atoms with van der Waals surface area (Å²) in [6, 6.07) is 9.77. The molecule has 3 rings (SSSR count). The van der Waals surface area contributed by atoms with Crippen molar-refractivity contribution in [2.75, 3.05) is 25.5 Å². The summed E-state index contributed by atoms with van der Waals surface area (Å²) in [7, 11) is 2.06. The van der Waals surface area contributed by atoms with Crippen LogP contribution in [0, 0.1) is 0 Å². The van der Waals surface area contributed by atoms with Gasteiger partial charge in [0.05, 0.1) is 0 Å². The van der Waals surface area contributed by atoms with Gasteiger partial charge in [0.1, 0.15) is 6.04 Å². The number of nitrogens with zero attached hydrogens (tertiary/aromatic N) is 1. The van der Waals surface area contributed by atoms with Crippen LogP contribution < -0.4 is 16.0 Å². The molecule has 2 aliphatic rings. The topological polar surface area (TPSA) is 73.5 Å². The van der Waals surface area contributed by atoms with Crippen LogP contribution in [0.4, 0.5) is 5.69 Å². The molecule has 2 saturated heterocycles. The van der Waals surface area contributed by atoms with E-state index in [4.69, 9.17) is 0 Å². The molecule has 0 bridgehead atoms. The molecule has 0 aromatic heterocycles. The molecule has 124 valence electrons. The minimum Gasteiger partial charge on any atom is -0.353 e. The molecule has 3 atom stereocenters. The molecule has 3 N–H and O–H groups in total. The molecule has 6 nitrogen and oxygen atoms in total. The maximum Gasteiger partial charge on any atom is 0.238 e. The Balaban J connectivity index is 1.55. The van der Waals surface area contributed by atoms with Crippen LogP contribution in [-0.4, -0.2) is 55.0 Å². The Morgan fingerprint density at radius 1 is 1.35 bits per heavy atom. The highest BCUT2D eigenvalue weighted by Crippen LogP contribution is 2.21. The van der Waals surface area contributed by atoms with E-state index in [9.17, 15) is 9.59 Å². The number of carbonyl (C=O) groups excluding carboxylic acids is 2. The lowest BCUT2D eigenvalue weighted by Gasteiger charge is -2.31. The molecule has 2 heterocycles. The van der Waals surface area contributed by atoms with E-state index in [2.05, 4.69) is 27.9 Å². The third-order valence-corrected chi connectivity index (χ3v) is 4.84. The third kappa shape index (κ3) is 3.71. The highest BCUT2D eigenvalue weighted by atomic mass is 16.2. The SMILES string of the molecule is CN1[C@@H](CCC(=O)Nc2ccccc2)CNC(=O)[C@H]2NCC[C@@H]21. The minimum absolute atomic E-state index is 0.0151. The molecule has 0 radical (unpaired) electrons. The highest BCUT2D eigenvalue weighted by molar-refractivity contribution is 5.90. The lowest BCUT2D eigenvalue weighted by molar-refractivity contribution is -0.123. The van der Waals surface area contributed by atoms with Crippen molar-refractivity contribution in [1.29, 1.82) is 0 Å². The van der Waals surface area contributed by atoms with Crippen LogP contribution in [-0.2, 0) is 9.59 Å². The normalized spacial score (nSPS) is 27.9. The van der Waals surface area contributed by atoms with Gasteiger partial charge in [0.2, 0.25) is 11.8 Å². The van der Waals surface area contributed by atoms with Gasteiger partial charge in [-0.05, 0) is 38.6 Å².